The number of carboxylic acid groups (broad SMARTS) is 1. The number of aliphatic hydroxyl groups is 3. The number of carbonyl (C=O) groups is 1. The summed E-state index contributed by atoms with van der Waals surface area (Å²) in [6.07, 6.45) is -9.56. The average Bonchev–Trinajstić information content (AvgIpc) is 2.77. The number of aromatic hydroxyl groups is 2. The Hall–Kier alpha value is -3.64. The summed E-state index contributed by atoms with van der Waals surface area (Å²) >= 11 is 0. The van der Waals surface area contributed by atoms with Gasteiger partial charge in [0, 0.05) is 17.7 Å². The summed E-state index contributed by atoms with van der Waals surface area (Å²) in [6, 6.07) is 10.8. The quantitative estimate of drug-likeness (QED) is 0.299. The first-order chi connectivity index (χ1) is 15.2. The van der Waals surface area contributed by atoms with Crippen LogP contribution in [0.15, 0.2) is 51.7 Å². The van der Waals surface area contributed by atoms with E-state index in [4.69, 9.17) is 19.0 Å². The van der Waals surface area contributed by atoms with E-state index in [1.165, 1.54) is 0 Å². The smallest absolute Gasteiger partial charge is 0.335 e. The number of benzene rings is 2. The lowest BCUT2D eigenvalue weighted by atomic mass is 9.99. The van der Waals surface area contributed by atoms with Crippen LogP contribution in [-0.2, 0) is 9.53 Å². The van der Waals surface area contributed by atoms with Gasteiger partial charge >= 0.3 is 5.97 Å². The van der Waals surface area contributed by atoms with Gasteiger partial charge in [0.15, 0.2) is 23.0 Å². The van der Waals surface area contributed by atoms with Crippen LogP contribution in [0, 0.1) is 0 Å². The van der Waals surface area contributed by atoms with Crippen LogP contribution in [-0.4, -0.2) is 67.3 Å². The van der Waals surface area contributed by atoms with E-state index in [9.17, 15) is 35.1 Å². The first-order valence-corrected chi connectivity index (χ1v) is 9.36. The minimum atomic E-state index is -1.94. The van der Waals surface area contributed by atoms with Crippen molar-refractivity contribution >= 4 is 16.9 Å². The second-order valence-corrected chi connectivity index (χ2v) is 7.14. The van der Waals surface area contributed by atoms with Crippen LogP contribution in [0.1, 0.15) is 0 Å². The lowest BCUT2D eigenvalue weighted by molar-refractivity contribution is -0.271. The Labute approximate surface area is 178 Å². The molecule has 2 aromatic carbocycles. The van der Waals surface area contributed by atoms with Crippen LogP contribution in [0.2, 0.25) is 0 Å². The highest BCUT2D eigenvalue weighted by atomic mass is 16.7. The molecular weight excluding hydrogens is 428 g/mol. The van der Waals surface area contributed by atoms with E-state index >= 15 is 0 Å². The predicted octanol–water partition coefficient (Wildman–Crippen LogP) is 0.142. The van der Waals surface area contributed by atoms with Crippen molar-refractivity contribution in [3.05, 3.63) is 52.7 Å². The number of hydrogen-bond acceptors (Lipinski definition) is 10. The monoisotopic (exact) mass is 446 g/mol. The molecule has 0 saturated carbocycles. The van der Waals surface area contributed by atoms with Gasteiger partial charge in [0.05, 0.1) is 0 Å². The van der Waals surface area contributed by atoms with Gasteiger partial charge in [-0.05, 0) is 0 Å². The highest BCUT2D eigenvalue weighted by Gasteiger charge is 2.48. The van der Waals surface area contributed by atoms with E-state index < -0.39 is 59.4 Å². The zero-order chi connectivity index (χ0) is 23.2. The first-order valence-electron chi connectivity index (χ1n) is 9.36. The van der Waals surface area contributed by atoms with Crippen molar-refractivity contribution in [1.29, 1.82) is 0 Å². The molecule has 11 heteroatoms. The number of phenols is 2. The van der Waals surface area contributed by atoms with Gasteiger partial charge < -0.3 is 44.5 Å². The molecule has 11 nitrogen and oxygen atoms in total. The summed E-state index contributed by atoms with van der Waals surface area (Å²) in [5.74, 6) is -3.76. The highest BCUT2D eigenvalue weighted by Crippen LogP contribution is 2.42. The Morgan fingerprint density at radius 2 is 1.62 bits per heavy atom. The fraction of sp³-hybridized carbons (Fsp3) is 0.238. The SMILES string of the molecule is O=C(O)[C@@H]1OC(Oc2cc3oc(-c4ccccc4)cc(=O)c3c(O)c2O)[C@@H](O)[C@H](O)[C@H]1O. The van der Waals surface area contributed by atoms with E-state index in [2.05, 4.69) is 0 Å². The van der Waals surface area contributed by atoms with Gasteiger partial charge in [-0.2, -0.15) is 0 Å². The normalized spacial score (nSPS) is 25.5. The van der Waals surface area contributed by atoms with Crippen LogP contribution < -0.4 is 10.2 Å². The van der Waals surface area contributed by atoms with Gasteiger partial charge in [0.25, 0.3) is 0 Å². The van der Waals surface area contributed by atoms with E-state index in [-0.39, 0.29) is 16.7 Å². The molecule has 3 aromatic rings. The van der Waals surface area contributed by atoms with Gasteiger partial charge in [-0.15, -0.1) is 0 Å². The third-order valence-electron chi connectivity index (χ3n) is 5.05. The molecule has 5 atom stereocenters. The zero-order valence-electron chi connectivity index (χ0n) is 16.2. The summed E-state index contributed by atoms with van der Waals surface area (Å²) < 4.78 is 16.0. The molecule has 0 amide bonds. The van der Waals surface area contributed by atoms with E-state index in [1.54, 1.807) is 30.3 Å². The fourth-order valence-corrected chi connectivity index (χ4v) is 3.38. The molecule has 2 heterocycles. The number of phenolic OH excluding ortho intramolecular Hbond substituents is 2. The maximum Gasteiger partial charge on any atom is 0.335 e. The second-order valence-electron chi connectivity index (χ2n) is 7.14. The van der Waals surface area contributed by atoms with Gasteiger partial charge in [-0.3, -0.25) is 4.79 Å². The standard InChI is InChI=1S/C21H18O11/c22-9-6-10(8-4-2-1-3-5-8)30-11-7-12(14(23)15(24)13(9)11)31-21-18(27)16(25)17(26)19(32-21)20(28)29/h1-7,16-19,21,23-27H,(H,28,29)/t16-,17-,18+,19-,21?/m1/s1. The van der Waals surface area contributed by atoms with Crippen LogP contribution >= 0.6 is 0 Å². The van der Waals surface area contributed by atoms with Crippen molar-refractivity contribution in [3.8, 4) is 28.6 Å². The molecule has 6 N–H and O–H groups in total. The van der Waals surface area contributed by atoms with Crippen LogP contribution in [0.3, 0.4) is 0 Å². The summed E-state index contributed by atoms with van der Waals surface area (Å²) in [4.78, 5) is 23.8. The molecule has 0 spiro atoms. The fourth-order valence-electron chi connectivity index (χ4n) is 3.38. The van der Waals surface area contributed by atoms with Crippen molar-refractivity contribution in [2.24, 2.45) is 0 Å². The zero-order valence-corrected chi connectivity index (χ0v) is 16.2. The lowest BCUT2D eigenvalue weighted by Crippen LogP contribution is -2.61. The first kappa shape index (κ1) is 21.6. The number of rotatable bonds is 4. The Morgan fingerprint density at radius 3 is 2.28 bits per heavy atom. The van der Waals surface area contributed by atoms with Crippen LogP contribution in [0.25, 0.3) is 22.3 Å². The molecule has 0 bridgehead atoms. The molecule has 0 aliphatic carbocycles. The van der Waals surface area contributed by atoms with Gasteiger partial charge in [-0.1, -0.05) is 30.3 Å². The van der Waals surface area contributed by atoms with E-state index in [1.807, 2.05) is 0 Å². The van der Waals surface area contributed by atoms with Gasteiger partial charge in [-0.25, -0.2) is 4.79 Å². The van der Waals surface area contributed by atoms with Crippen LogP contribution in [0.5, 0.6) is 17.2 Å². The summed E-state index contributed by atoms with van der Waals surface area (Å²) in [7, 11) is 0. The Bertz CT molecular complexity index is 1220. The maximum atomic E-state index is 12.5. The molecule has 1 aliphatic rings. The van der Waals surface area contributed by atoms with Crippen molar-refractivity contribution in [2.75, 3.05) is 0 Å². The van der Waals surface area contributed by atoms with Gasteiger partial charge in [0.1, 0.15) is 35.0 Å². The number of hydrogen-bond donors (Lipinski definition) is 6. The Kier molecular flexibility index (Phi) is 5.48. The Balaban J connectivity index is 1.77. The molecule has 32 heavy (non-hydrogen) atoms. The second kappa shape index (κ2) is 8.13. The molecule has 1 saturated heterocycles. The Morgan fingerprint density at radius 1 is 0.938 bits per heavy atom. The summed E-state index contributed by atoms with van der Waals surface area (Å²) in [5.41, 5.74) is -0.265. The summed E-state index contributed by atoms with van der Waals surface area (Å²) in [5, 5.41) is 59.2. The van der Waals surface area contributed by atoms with E-state index in [0.29, 0.717) is 5.56 Å². The molecule has 168 valence electrons. The maximum absolute atomic E-state index is 12.5. The van der Waals surface area contributed by atoms with Gasteiger partial charge in [0.2, 0.25) is 12.0 Å². The summed E-state index contributed by atoms with van der Waals surface area (Å²) in [6.45, 7) is 0. The number of aliphatic hydroxyl groups excluding tert-OH is 3. The molecule has 1 fully saturated rings. The highest BCUT2D eigenvalue weighted by molar-refractivity contribution is 5.89. The number of ether oxygens (including phenoxy) is 2. The molecule has 0 radical (unpaired) electrons. The predicted molar refractivity (Wildman–Crippen MR) is 106 cm³/mol. The molecule has 1 aliphatic heterocycles. The number of aliphatic carboxylic acids is 1. The van der Waals surface area contributed by atoms with Crippen molar-refractivity contribution in [1.82, 2.24) is 0 Å². The topological polar surface area (TPSA) is 187 Å². The van der Waals surface area contributed by atoms with E-state index in [0.717, 1.165) is 12.1 Å². The number of carboxylic acids is 1. The number of fused-ring (bicyclic) bond motifs is 1. The third kappa shape index (κ3) is 3.63. The van der Waals surface area contributed by atoms with Crippen LogP contribution in [0.4, 0.5) is 0 Å². The van der Waals surface area contributed by atoms with Crippen molar-refractivity contribution in [2.45, 2.75) is 30.7 Å². The lowest BCUT2D eigenvalue weighted by Gasteiger charge is -2.38. The molecular formula is C21H18O11. The van der Waals surface area contributed by atoms with Crippen molar-refractivity contribution in [3.63, 3.8) is 0 Å². The molecule has 4 rings (SSSR count). The molecule has 1 aromatic heterocycles. The minimum Gasteiger partial charge on any atom is -0.504 e. The third-order valence-corrected chi connectivity index (χ3v) is 5.05. The van der Waals surface area contributed by atoms with Crippen molar-refractivity contribution < 1.29 is 49.3 Å². The average molecular weight is 446 g/mol. The largest absolute Gasteiger partial charge is 0.504 e. The minimum absolute atomic E-state index is 0.164. The molecule has 1 unspecified atom stereocenters.